The van der Waals surface area contributed by atoms with E-state index in [4.69, 9.17) is 19.2 Å². The van der Waals surface area contributed by atoms with Gasteiger partial charge in [0.1, 0.15) is 22.4 Å². The molecule has 4 rings (SSSR count). The summed E-state index contributed by atoms with van der Waals surface area (Å²) >= 11 is 0. The summed E-state index contributed by atoms with van der Waals surface area (Å²) in [4.78, 5) is 13.8. The third kappa shape index (κ3) is 4.75. The van der Waals surface area contributed by atoms with E-state index in [0.29, 0.717) is 28.1 Å². The predicted octanol–water partition coefficient (Wildman–Crippen LogP) is 2.23. The van der Waals surface area contributed by atoms with Crippen LogP contribution in [0.5, 0.6) is 11.5 Å². The summed E-state index contributed by atoms with van der Waals surface area (Å²) in [5.41, 5.74) is 2.80. The normalized spacial score (nSPS) is 12.8. The quantitative estimate of drug-likeness (QED) is 0.422. The van der Waals surface area contributed by atoms with Crippen LogP contribution in [-0.2, 0) is 18.3 Å². The number of aryl methyl sites for hydroxylation is 1. The van der Waals surface area contributed by atoms with E-state index in [1.54, 1.807) is 33.8 Å². The highest BCUT2D eigenvalue weighted by atomic mass is 19.1. The molecule has 0 aliphatic heterocycles. The number of aromatic nitrogens is 5. The fourth-order valence-electron chi connectivity index (χ4n) is 3.51. The second kappa shape index (κ2) is 9.98. The fourth-order valence-corrected chi connectivity index (χ4v) is 3.51. The lowest BCUT2D eigenvalue weighted by Gasteiger charge is -2.16. The van der Waals surface area contributed by atoms with Gasteiger partial charge in [0, 0.05) is 38.1 Å². The van der Waals surface area contributed by atoms with Gasteiger partial charge in [0.15, 0.2) is 17.2 Å². The number of hydrogen-bond acceptors (Lipinski definition) is 8. The Hall–Kier alpha value is -3.83. The van der Waals surface area contributed by atoms with Gasteiger partial charge in [-0.1, -0.05) is 0 Å². The van der Waals surface area contributed by atoms with Crippen molar-refractivity contribution >= 4 is 16.9 Å². The Balaban J connectivity index is 1.95. The van der Waals surface area contributed by atoms with Gasteiger partial charge in [0.2, 0.25) is 0 Å². The first-order valence-corrected chi connectivity index (χ1v) is 10.4. The molecule has 0 amide bonds. The second-order valence-corrected chi connectivity index (χ2v) is 7.55. The molecule has 3 heterocycles. The molecule has 1 N–H and O–H groups in total. The molecule has 1 unspecified atom stereocenters. The average Bonchev–Trinajstić information content (AvgIpc) is 3.27. The minimum atomic E-state index is -0.858. The van der Waals surface area contributed by atoms with Gasteiger partial charge >= 0.3 is 0 Å². The number of aliphatic hydroxyl groups is 1. The van der Waals surface area contributed by atoms with Crippen molar-refractivity contribution in [3.05, 3.63) is 54.2 Å². The number of methoxy groups -OCH3 is 3. The van der Waals surface area contributed by atoms with Crippen LogP contribution in [0.2, 0.25) is 0 Å². The van der Waals surface area contributed by atoms with Crippen LogP contribution in [0, 0.1) is 5.82 Å². The fraction of sp³-hybridized carbons (Fsp3) is 0.304. The molecule has 3 aromatic heterocycles. The first-order valence-electron chi connectivity index (χ1n) is 10.4. The Morgan fingerprint density at radius 1 is 1.15 bits per heavy atom. The molecule has 0 spiro atoms. The van der Waals surface area contributed by atoms with Gasteiger partial charge in [-0.05, 0) is 12.1 Å². The Labute approximate surface area is 194 Å². The van der Waals surface area contributed by atoms with Crippen molar-refractivity contribution in [3.8, 4) is 22.8 Å². The molecule has 0 radical (unpaired) electrons. The summed E-state index contributed by atoms with van der Waals surface area (Å²) in [6.45, 7) is 0.192. The summed E-state index contributed by atoms with van der Waals surface area (Å²) in [5.74, 6) is -0.242. The molecule has 0 saturated heterocycles. The molecule has 178 valence electrons. The number of benzene rings is 1. The van der Waals surface area contributed by atoms with E-state index < -0.39 is 11.9 Å². The van der Waals surface area contributed by atoms with E-state index in [-0.39, 0.29) is 24.6 Å². The van der Waals surface area contributed by atoms with Crippen molar-refractivity contribution in [1.82, 2.24) is 24.3 Å². The molecule has 11 heteroatoms. The summed E-state index contributed by atoms with van der Waals surface area (Å²) in [6.07, 6.45) is 4.31. The molecule has 0 saturated carbocycles. The Kier molecular flexibility index (Phi) is 6.85. The van der Waals surface area contributed by atoms with Crippen LogP contribution in [0.3, 0.4) is 0 Å². The van der Waals surface area contributed by atoms with E-state index in [9.17, 15) is 5.11 Å². The van der Waals surface area contributed by atoms with Gasteiger partial charge < -0.3 is 23.9 Å². The molecule has 0 bridgehead atoms. The molecule has 0 aliphatic rings. The van der Waals surface area contributed by atoms with E-state index in [0.717, 1.165) is 5.56 Å². The maximum absolute atomic E-state index is 15.0. The van der Waals surface area contributed by atoms with E-state index in [2.05, 4.69) is 15.1 Å². The Bertz CT molecular complexity index is 1380. The molecule has 1 atom stereocenters. The monoisotopic (exact) mass is 468 g/mol. The van der Waals surface area contributed by atoms with Crippen LogP contribution in [-0.4, -0.2) is 63.5 Å². The van der Waals surface area contributed by atoms with Gasteiger partial charge in [-0.2, -0.15) is 5.10 Å². The number of rotatable bonds is 8. The lowest BCUT2D eigenvalue weighted by Crippen LogP contribution is -2.30. The lowest BCUT2D eigenvalue weighted by molar-refractivity contribution is 0.0536. The van der Waals surface area contributed by atoms with Crippen LogP contribution in [0.25, 0.3) is 22.4 Å². The number of ether oxygens (including phenoxy) is 3. The third-order valence-electron chi connectivity index (χ3n) is 5.14. The molecule has 0 fully saturated rings. The lowest BCUT2D eigenvalue weighted by atomic mass is 10.2. The van der Waals surface area contributed by atoms with Crippen LogP contribution in [0.1, 0.15) is 0 Å². The highest BCUT2D eigenvalue weighted by Crippen LogP contribution is 2.32. The zero-order valence-corrected chi connectivity index (χ0v) is 19.3. The zero-order chi connectivity index (χ0) is 24.2. The molecular weight excluding hydrogens is 443 g/mol. The predicted molar refractivity (Wildman–Crippen MR) is 122 cm³/mol. The number of hydrogen-bond donors (Lipinski definition) is 1. The standard InChI is InChI=1S/C23H25FN6O4/c1-29-11-14(9-26-29)19-10-25-17-5-6-21(30(23(17)28-19)12-15(31)13-32-2)27-18-7-16(33-3)8-20(34-4)22(18)24/h5-11,15,31H,12-13H2,1-4H3. The topological polar surface area (TPSA) is 109 Å². The minimum Gasteiger partial charge on any atom is -0.497 e. The maximum atomic E-state index is 15.0. The first-order chi connectivity index (χ1) is 16.4. The third-order valence-corrected chi connectivity index (χ3v) is 5.14. The summed E-state index contributed by atoms with van der Waals surface area (Å²) in [5, 5.41) is 14.7. The van der Waals surface area contributed by atoms with E-state index in [1.807, 2.05) is 13.2 Å². The average molecular weight is 468 g/mol. The molecule has 10 nitrogen and oxygen atoms in total. The minimum absolute atomic E-state index is 0.00325. The second-order valence-electron chi connectivity index (χ2n) is 7.55. The number of fused-ring (bicyclic) bond motifs is 1. The number of aliphatic hydroxyl groups excluding tert-OH is 1. The zero-order valence-electron chi connectivity index (χ0n) is 19.3. The number of halogens is 1. The Morgan fingerprint density at radius 3 is 2.65 bits per heavy atom. The van der Waals surface area contributed by atoms with E-state index >= 15 is 4.39 Å². The number of pyridine rings is 1. The van der Waals surface area contributed by atoms with Crippen molar-refractivity contribution in [2.45, 2.75) is 12.6 Å². The highest BCUT2D eigenvalue weighted by Gasteiger charge is 2.15. The van der Waals surface area contributed by atoms with Crippen molar-refractivity contribution in [2.24, 2.45) is 12.0 Å². The van der Waals surface area contributed by atoms with Gasteiger partial charge in [0.05, 0.1) is 51.6 Å². The van der Waals surface area contributed by atoms with E-state index in [1.165, 1.54) is 33.5 Å². The van der Waals surface area contributed by atoms with Gasteiger partial charge in [0.25, 0.3) is 0 Å². The van der Waals surface area contributed by atoms with Crippen molar-refractivity contribution in [1.29, 1.82) is 0 Å². The highest BCUT2D eigenvalue weighted by molar-refractivity contribution is 5.73. The van der Waals surface area contributed by atoms with Crippen LogP contribution < -0.4 is 15.0 Å². The van der Waals surface area contributed by atoms with Gasteiger partial charge in [-0.15, -0.1) is 0 Å². The first kappa shape index (κ1) is 23.3. The van der Waals surface area contributed by atoms with Crippen LogP contribution >= 0.6 is 0 Å². The summed E-state index contributed by atoms with van der Waals surface area (Å²) in [6, 6.07) is 6.33. The van der Waals surface area contributed by atoms with Gasteiger partial charge in [-0.3, -0.25) is 9.67 Å². The van der Waals surface area contributed by atoms with Gasteiger partial charge in [-0.25, -0.2) is 14.4 Å². The van der Waals surface area contributed by atoms with Crippen LogP contribution in [0.15, 0.2) is 47.8 Å². The largest absolute Gasteiger partial charge is 0.497 e. The summed E-state index contributed by atoms with van der Waals surface area (Å²) in [7, 11) is 6.16. The maximum Gasteiger partial charge on any atom is 0.190 e. The SMILES string of the molecule is COCC(O)Cn1c(=Nc2cc(OC)cc(OC)c2F)ccc2ncc(-c3cnn(C)c3)nc21. The van der Waals surface area contributed by atoms with Crippen molar-refractivity contribution < 1.29 is 23.7 Å². The molecule has 1 aromatic carbocycles. The van der Waals surface area contributed by atoms with Crippen molar-refractivity contribution in [2.75, 3.05) is 27.9 Å². The molecule has 34 heavy (non-hydrogen) atoms. The molecular formula is C23H25FN6O4. The summed E-state index contributed by atoms with van der Waals surface area (Å²) < 4.78 is 33.8. The number of nitrogens with zero attached hydrogens (tertiary/aromatic N) is 6. The molecule has 4 aromatic rings. The smallest absolute Gasteiger partial charge is 0.190 e. The molecule has 0 aliphatic carbocycles. The van der Waals surface area contributed by atoms with Crippen molar-refractivity contribution in [3.63, 3.8) is 0 Å². The Morgan fingerprint density at radius 2 is 1.97 bits per heavy atom. The van der Waals surface area contributed by atoms with Crippen LogP contribution in [0.4, 0.5) is 10.1 Å².